The van der Waals surface area contributed by atoms with Crippen molar-refractivity contribution >= 4 is 65.2 Å². The van der Waals surface area contributed by atoms with Crippen molar-refractivity contribution < 1.29 is 0 Å². The fourth-order valence-electron chi connectivity index (χ4n) is 7.69. The van der Waals surface area contributed by atoms with Gasteiger partial charge in [0, 0.05) is 32.3 Å². The summed E-state index contributed by atoms with van der Waals surface area (Å²) < 4.78 is 4.97. The van der Waals surface area contributed by atoms with Gasteiger partial charge in [0.2, 0.25) is 0 Å². The molecule has 2 heteroatoms. The topological polar surface area (TPSA) is 9.86 Å². The second-order valence-electron chi connectivity index (χ2n) is 12.1. The molecule has 0 spiro atoms. The molecule has 2 nitrogen and oxygen atoms in total. The van der Waals surface area contributed by atoms with Crippen LogP contribution < -0.4 is 0 Å². The van der Waals surface area contributed by atoms with Crippen LogP contribution in [0, 0.1) is 0 Å². The van der Waals surface area contributed by atoms with Crippen molar-refractivity contribution in [1.29, 1.82) is 0 Å². The molecule has 0 fully saturated rings. The normalized spacial score (nSPS) is 11.9. The van der Waals surface area contributed by atoms with Gasteiger partial charge in [-0.2, -0.15) is 0 Å². The van der Waals surface area contributed by atoms with E-state index in [1.807, 2.05) is 0 Å². The van der Waals surface area contributed by atoms with E-state index in [2.05, 4.69) is 179 Å². The number of hydrogen-bond donors (Lipinski definition) is 0. The third kappa shape index (κ3) is 3.53. The monoisotopic (exact) mass is 584 g/mol. The SMILES string of the molecule is c1ccc(-c2ccc3c(-n4c5ccccc5c5ccc6c(c7ccccc7n6-c6cccc7ccccc67)c54)cccc3c2)cc1. The van der Waals surface area contributed by atoms with Crippen LogP contribution in [0.15, 0.2) is 170 Å². The molecule has 0 unspecified atom stereocenters. The fourth-order valence-corrected chi connectivity index (χ4v) is 7.69. The zero-order valence-electron chi connectivity index (χ0n) is 25.1. The Labute approximate surface area is 266 Å². The summed E-state index contributed by atoms with van der Waals surface area (Å²) in [6, 6.07) is 61.9. The van der Waals surface area contributed by atoms with E-state index in [0.717, 1.165) is 0 Å². The van der Waals surface area contributed by atoms with E-state index in [4.69, 9.17) is 0 Å². The van der Waals surface area contributed by atoms with Gasteiger partial charge in [0.05, 0.1) is 33.4 Å². The second-order valence-corrected chi connectivity index (χ2v) is 12.1. The first-order chi connectivity index (χ1) is 22.8. The zero-order chi connectivity index (χ0) is 30.2. The summed E-state index contributed by atoms with van der Waals surface area (Å²) in [6.07, 6.45) is 0. The lowest BCUT2D eigenvalue weighted by Gasteiger charge is -2.14. The Bertz CT molecular complexity index is 2790. The van der Waals surface area contributed by atoms with E-state index >= 15 is 0 Å². The molecule has 214 valence electrons. The van der Waals surface area contributed by atoms with E-state index in [0.29, 0.717) is 0 Å². The summed E-state index contributed by atoms with van der Waals surface area (Å²) in [5, 5.41) is 10.0. The minimum Gasteiger partial charge on any atom is -0.309 e. The number of hydrogen-bond acceptors (Lipinski definition) is 0. The molecule has 0 aliphatic rings. The highest BCUT2D eigenvalue weighted by Gasteiger charge is 2.22. The molecular weight excluding hydrogens is 556 g/mol. The molecule has 0 aliphatic heterocycles. The lowest BCUT2D eigenvalue weighted by molar-refractivity contribution is 1.19. The van der Waals surface area contributed by atoms with Gasteiger partial charge >= 0.3 is 0 Å². The number of nitrogens with zero attached hydrogens (tertiary/aromatic N) is 2. The van der Waals surface area contributed by atoms with Crippen LogP contribution in [0.4, 0.5) is 0 Å². The summed E-state index contributed by atoms with van der Waals surface area (Å²) in [7, 11) is 0. The molecule has 2 heterocycles. The van der Waals surface area contributed by atoms with Gasteiger partial charge < -0.3 is 9.13 Å². The number of fused-ring (bicyclic) bond motifs is 9. The predicted molar refractivity (Wildman–Crippen MR) is 196 cm³/mol. The Hall–Kier alpha value is -6.12. The Morgan fingerprint density at radius 3 is 1.72 bits per heavy atom. The third-order valence-electron chi connectivity index (χ3n) is 9.68. The summed E-state index contributed by atoms with van der Waals surface area (Å²) in [4.78, 5) is 0. The molecule has 0 amide bonds. The largest absolute Gasteiger partial charge is 0.309 e. The van der Waals surface area contributed by atoms with Crippen LogP contribution in [-0.4, -0.2) is 9.13 Å². The highest BCUT2D eigenvalue weighted by Crippen LogP contribution is 2.43. The van der Waals surface area contributed by atoms with E-state index in [-0.39, 0.29) is 0 Å². The number of para-hydroxylation sites is 2. The van der Waals surface area contributed by atoms with Gasteiger partial charge in [0.25, 0.3) is 0 Å². The summed E-state index contributed by atoms with van der Waals surface area (Å²) in [5.74, 6) is 0. The van der Waals surface area contributed by atoms with Crippen molar-refractivity contribution in [1.82, 2.24) is 9.13 Å². The quantitative estimate of drug-likeness (QED) is 0.195. The summed E-state index contributed by atoms with van der Waals surface area (Å²) in [5.41, 5.74) is 9.73. The molecule has 8 aromatic carbocycles. The van der Waals surface area contributed by atoms with Crippen LogP contribution in [0.25, 0.3) is 87.7 Å². The van der Waals surface area contributed by atoms with E-state index in [1.54, 1.807) is 0 Å². The predicted octanol–water partition coefficient (Wildman–Crippen LogP) is 11.9. The van der Waals surface area contributed by atoms with E-state index in [9.17, 15) is 0 Å². The minimum atomic E-state index is 1.19. The molecule has 10 aromatic rings. The average molecular weight is 585 g/mol. The van der Waals surface area contributed by atoms with Crippen molar-refractivity contribution in [2.24, 2.45) is 0 Å². The zero-order valence-corrected chi connectivity index (χ0v) is 25.1. The van der Waals surface area contributed by atoms with Crippen molar-refractivity contribution in [3.8, 4) is 22.5 Å². The van der Waals surface area contributed by atoms with Crippen LogP contribution in [-0.2, 0) is 0 Å². The molecule has 0 radical (unpaired) electrons. The van der Waals surface area contributed by atoms with Gasteiger partial charge in [0.15, 0.2) is 0 Å². The smallest absolute Gasteiger partial charge is 0.0641 e. The number of rotatable bonds is 3. The molecule has 46 heavy (non-hydrogen) atoms. The molecule has 0 bridgehead atoms. The first kappa shape index (κ1) is 25.2. The van der Waals surface area contributed by atoms with Gasteiger partial charge in [-0.05, 0) is 58.3 Å². The first-order valence-corrected chi connectivity index (χ1v) is 15.9. The van der Waals surface area contributed by atoms with Gasteiger partial charge in [-0.1, -0.05) is 133 Å². The molecule has 2 aromatic heterocycles. The first-order valence-electron chi connectivity index (χ1n) is 15.9. The molecule has 10 rings (SSSR count). The molecular formula is C44H28N2. The van der Waals surface area contributed by atoms with Crippen molar-refractivity contribution in [2.45, 2.75) is 0 Å². The van der Waals surface area contributed by atoms with Crippen molar-refractivity contribution in [3.63, 3.8) is 0 Å². The van der Waals surface area contributed by atoms with Gasteiger partial charge in [-0.15, -0.1) is 0 Å². The second kappa shape index (κ2) is 9.69. The van der Waals surface area contributed by atoms with Crippen LogP contribution in [0.2, 0.25) is 0 Å². The maximum absolute atomic E-state index is 2.51. The maximum atomic E-state index is 2.51. The van der Waals surface area contributed by atoms with Gasteiger partial charge in [0.1, 0.15) is 0 Å². The summed E-state index contributed by atoms with van der Waals surface area (Å²) >= 11 is 0. The fraction of sp³-hybridized carbons (Fsp3) is 0. The number of aromatic nitrogens is 2. The molecule has 0 atom stereocenters. The van der Waals surface area contributed by atoms with Crippen LogP contribution >= 0.6 is 0 Å². The Morgan fingerprint density at radius 1 is 0.304 bits per heavy atom. The Morgan fingerprint density at radius 2 is 0.891 bits per heavy atom. The molecule has 0 aliphatic carbocycles. The van der Waals surface area contributed by atoms with Crippen molar-refractivity contribution in [2.75, 3.05) is 0 Å². The average Bonchev–Trinajstić information content (AvgIpc) is 3.64. The van der Waals surface area contributed by atoms with Crippen LogP contribution in [0.1, 0.15) is 0 Å². The van der Waals surface area contributed by atoms with E-state index < -0.39 is 0 Å². The number of benzene rings is 8. The Kier molecular flexibility index (Phi) is 5.31. The molecule has 0 saturated heterocycles. The van der Waals surface area contributed by atoms with Gasteiger partial charge in [-0.25, -0.2) is 0 Å². The molecule has 0 N–H and O–H groups in total. The van der Waals surface area contributed by atoms with Gasteiger partial charge in [-0.3, -0.25) is 0 Å². The minimum absolute atomic E-state index is 1.19. The lowest BCUT2D eigenvalue weighted by atomic mass is 10.0. The maximum Gasteiger partial charge on any atom is 0.0641 e. The lowest BCUT2D eigenvalue weighted by Crippen LogP contribution is -1.97. The standard InChI is InChI=1S/C44H28N2/c1-2-12-29(13-3-1)31-24-25-34-32(28-31)16-11-23-39(34)46-40-20-8-6-18-35(40)36-26-27-42-43(44(36)46)37-19-7-9-21-41(37)45(42)38-22-10-15-30-14-4-5-17-33(30)38/h1-28H. The highest BCUT2D eigenvalue weighted by molar-refractivity contribution is 6.26. The molecule has 0 saturated carbocycles. The van der Waals surface area contributed by atoms with E-state index in [1.165, 1.54) is 87.7 Å². The van der Waals surface area contributed by atoms with Crippen LogP contribution in [0.3, 0.4) is 0 Å². The highest BCUT2D eigenvalue weighted by atomic mass is 15.0. The van der Waals surface area contributed by atoms with Crippen molar-refractivity contribution in [3.05, 3.63) is 170 Å². The summed E-state index contributed by atoms with van der Waals surface area (Å²) in [6.45, 7) is 0. The van der Waals surface area contributed by atoms with Crippen LogP contribution in [0.5, 0.6) is 0 Å². The Balaban J connectivity index is 1.35. The third-order valence-corrected chi connectivity index (χ3v) is 9.68.